The van der Waals surface area contributed by atoms with Crippen LogP contribution in [0.2, 0.25) is 0 Å². The highest BCUT2D eigenvalue weighted by molar-refractivity contribution is 6.04. The number of amides is 1. The minimum absolute atomic E-state index is 0.0309. The van der Waals surface area contributed by atoms with Gasteiger partial charge in [-0.05, 0) is 48.9 Å². The van der Waals surface area contributed by atoms with Gasteiger partial charge in [0, 0.05) is 68.5 Å². The first kappa shape index (κ1) is 28.9. The number of piperazine rings is 1. The van der Waals surface area contributed by atoms with Crippen molar-refractivity contribution in [3.8, 4) is 0 Å². The number of rotatable bonds is 7. The predicted molar refractivity (Wildman–Crippen MR) is 149 cm³/mol. The van der Waals surface area contributed by atoms with Crippen LogP contribution in [0.5, 0.6) is 0 Å². The van der Waals surface area contributed by atoms with E-state index in [-0.39, 0.29) is 23.7 Å². The number of hydrogen-bond donors (Lipinski definition) is 1. The number of aromatic nitrogens is 2. The Labute approximate surface area is 237 Å². The van der Waals surface area contributed by atoms with Gasteiger partial charge in [0.15, 0.2) is 0 Å². The van der Waals surface area contributed by atoms with Crippen LogP contribution in [0.3, 0.4) is 0 Å². The second-order valence-electron chi connectivity index (χ2n) is 10.9. The molecule has 1 unspecified atom stereocenters. The molecular formula is C30H34F4N6O. The largest absolute Gasteiger partial charge is 0.419 e. The Kier molecular flexibility index (Phi) is 8.55. The number of carbonyl (C=O) groups excluding carboxylic acids is 1. The molecular weight excluding hydrogens is 536 g/mol. The van der Waals surface area contributed by atoms with E-state index in [0.29, 0.717) is 31.3 Å². The third-order valence-electron chi connectivity index (χ3n) is 7.90. The standard InChI is InChI=1S/C30H34F4N6O/c1-3-4-21-17-40(25-14-35-19-36-15-25)18-22-11-20(5-6-26(21)22)29(41)37-24-12-23(16-39-9-7-38(2)8-10-39)28(31)27(13-24)30(32,33)34/h5-6,11-15,19,21H,3-4,7-10,16-18H2,1-2H3,(H,37,41). The molecule has 11 heteroatoms. The first-order valence-corrected chi connectivity index (χ1v) is 13.9. The van der Waals surface area contributed by atoms with Crippen LogP contribution in [-0.4, -0.2) is 65.4 Å². The van der Waals surface area contributed by atoms with Gasteiger partial charge in [-0.1, -0.05) is 19.4 Å². The molecule has 7 nitrogen and oxygen atoms in total. The topological polar surface area (TPSA) is 64.6 Å². The van der Waals surface area contributed by atoms with Gasteiger partial charge < -0.3 is 15.1 Å². The van der Waals surface area contributed by atoms with E-state index in [1.165, 1.54) is 12.4 Å². The van der Waals surface area contributed by atoms with Gasteiger partial charge in [0.05, 0.1) is 23.6 Å². The van der Waals surface area contributed by atoms with E-state index >= 15 is 4.39 Å². The first-order valence-electron chi connectivity index (χ1n) is 13.9. The average molecular weight is 571 g/mol. The maximum Gasteiger partial charge on any atom is 0.419 e. The molecule has 5 rings (SSSR count). The number of nitrogens with zero attached hydrogens (tertiary/aromatic N) is 5. The molecule has 0 bridgehead atoms. The minimum Gasteiger partial charge on any atom is -0.364 e. The number of anilines is 2. The summed E-state index contributed by atoms with van der Waals surface area (Å²) in [7, 11) is 1.97. The molecule has 2 aliphatic rings. The number of benzene rings is 2. The number of halogens is 4. The van der Waals surface area contributed by atoms with Crippen LogP contribution < -0.4 is 10.2 Å². The van der Waals surface area contributed by atoms with Gasteiger partial charge >= 0.3 is 6.18 Å². The first-order chi connectivity index (χ1) is 19.6. The Morgan fingerprint density at radius 1 is 1.07 bits per heavy atom. The summed E-state index contributed by atoms with van der Waals surface area (Å²) in [4.78, 5) is 27.8. The molecule has 2 aromatic carbocycles. The van der Waals surface area contributed by atoms with Crippen LogP contribution in [0.1, 0.15) is 58.3 Å². The molecule has 1 fully saturated rings. The highest BCUT2D eigenvalue weighted by atomic mass is 19.4. The van der Waals surface area contributed by atoms with E-state index in [1.54, 1.807) is 24.5 Å². The van der Waals surface area contributed by atoms with E-state index in [1.807, 2.05) is 18.0 Å². The molecule has 3 heterocycles. The van der Waals surface area contributed by atoms with Crippen LogP contribution in [0.15, 0.2) is 49.1 Å². The van der Waals surface area contributed by atoms with Crippen molar-refractivity contribution in [1.29, 1.82) is 0 Å². The van der Waals surface area contributed by atoms with Gasteiger partial charge in [0.2, 0.25) is 0 Å². The van der Waals surface area contributed by atoms with Gasteiger partial charge in [0.1, 0.15) is 12.1 Å². The summed E-state index contributed by atoms with van der Waals surface area (Å²) in [5.74, 6) is -1.59. The Morgan fingerprint density at radius 2 is 1.80 bits per heavy atom. The van der Waals surface area contributed by atoms with Crippen molar-refractivity contribution >= 4 is 17.3 Å². The van der Waals surface area contributed by atoms with Gasteiger partial charge in [0.25, 0.3) is 5.91 Å². The van der Waals surface area contributed by atoms with Crippen molar-refractivity contribution in [2.75, 3.05) is 50.0 Å². The fourth-order valence-electron chi connectivity index (χ4n) is 5.69. The van der Waals surface area contributed by atoms with E-state index < -0.39 is 23.5 Å². The monoisotopic (exact) mass is 570 g/mol. The van der Waals surface area contributed by atoms with Crippen LogP contribution in [0, 0.1) is 5.82 Å². The van der Waals surface area contributed by atoms with Crippen LogP contribution in [0.25, 0.3) is 0 Å². The zero-order valence-corrected chi connectivity index (χ0v) is 23.2. The summed E-state index contributed by atoms with van der Waals surface area (Å²) in [5, 5.41) is 2.60. The Balaban J connectivity index is 1.40. The predicted octanol–water partition coefficient (Wildman–Crippen LogP) is 5.54. The lowest BCUT2D eigenvalue weighted by atomic mass is 9.85. The minimum atomic E-state index is -4.90. The SMILES string of the molecule is CCCC1CN(c2cncnc2)Cc2cc(C(=O)Nc3cc(CN4CCN(C)CC4)c(F)c(C(F)(F)F)c3)ccc21. The van der Waals surface area contributed by atoms with E-state index in [2.05, 4.69) is 32.0 Å². The number of hydrogen-bond acceptors (Lipinski definition) is 6. The van der Waals surface area contributed by atoms with Crippen molar-refractivity contribution in [2.45, 2.75) is 44.9 Å². The summed E-state index contributed by atoms with van der Waals surface area (Å²) >= 11 is 0. The fourth-order valence-corrected chi connectivity index (χ4v) is 5.69. The maximum absolute atomic E-state index is 15.0. The molecule has 41 heavy (non-hydrogen) atoms. The molecule has 0 spiro atoms. The summed E-state index contributed by atoms with van der Waals surface area (Å²) in [6.07, 6.45) is 2.05. The molecule has 1 aromatic heterocycles. The number of alkyl halides is 3. The van der Waals surface area contributed by atoms with Crippen molar-refractivity contribution < 1.29 is 22.4 Å². The normalized spacial score (nSPS) is 18.3. The summed E-state index contributed by atoms with van der Waals surface area (Å²) < 4.78 is 56.4. The third-order valence-corrected chi connectivity index (χ3v) is 7.90. The lowest BCUT2D eigenvalue weighted by Gasteiger charge is -2.36. The van der Waals surface area contributed by atoms with Gasteiger partial charge in [-0.3, -0.25) is 9.69 Å². The molecule has 1 atom stereocenters. The molecule has 218 valence electrons. The van der Waals surface area contributed by atoms with Crippen molar-refractivity contribution in [3.05, 3.63) is 82.7 Å². The van der Waals surface area contributed by atoms with Crippen LogP contribution in [0.4, 0.5) is 28.9 Å². The number of likely N-dealkylation sites (N-methyl/N-ethyl adjacent to an activating group) is 1. The Morgan fingerprint density at radius 3 is 2.49 bits per heavy atom. The Bertz CT molecular complexity index is 1380. The number of carbonyl (C=O) groups is 1. The van der Waals surface area contributed by atoms with Crippen molar-refractivity contribution in [2.24, 2.45) is 0 Å². The van der Waals surface area contributed by atoms with Gasteiger partial charge in [-0.15, -0.1) is 0 Å². The zero-order valence-electron chi connectivity index (χ0n) is 23.2. The maximum atomic E-state index is 15.0. The lowest BCUT2D eigenvalue weighted by molar-refractivity contribution is -0.140. The number of nitrogens with one attached hydrogen (secondary N) is 1. The van der Waals surface area contributed by atoms with E-state index in [9.17, 15) is 18.0 Å². The van der Waals surface area contributed by atoms with E-state index in [0.717, 1.165) is 49.3 Å². The Hall–Kier alpha value is -3.57. The van der Waals surface area contributed by atoms with Crippen molar-refractivity contribution in [1.82, 2.24) is 19.8 Å². The van der Waals surface area contributed by atoms with Gasteiger partial charge in [-0.2, -0.15) is 13.2 Å². The lowest BCUT2D eigenvalue weighted by Crippen LogP contribution is -2.44. The highest BCUT2D eigenvalue weighted by Crippen LogP contribution is 2.37. The molecule has 0 radical (unpaired) electrons. The average Bonchev–Trinajstić information content (AvgIpc) is 2.95. The smallest absolute Gasteiger partial charge is 0.364 e. The zero-order chi connectivity index (χ0) is 29.1. The summed E-state index contributed by atoms with van der Waals surface area (Å²) in [5.41, 5.74) is 1.78. The van der Waals surface area contributed by atoms with E-state index in [4.69, 9.17) is 0 Å². The number of fused-ring (bicyclic) bond motifs is 1. The van der Waals surface area contributed by atoms with Crippen molar-refractivity contribution in [3.63, 3.8) is 0 Å². The van der Waals surface area contributed by atoms with Crippen LogP contribution >= 0.6 is 0 Å². The second-order valence-corrected chi connectivity index (χ2v) is 10.9. The molecule has 0 aliphatic carbocycles. The molecule has 1 saturated heterocycles. The summed E-state index contributed by atoms with van der Waals surface area (Å²) in [6, 6.07) is 7.43. The molecule has 1 amide bonds. The van der Waals surface area contributed by atoms with Crippen LogP contribution in [-0.2, 0) is 19.3 Å². The molecule has 0 saturated carbocycles. The molecule has 1 N–H and O–H groups in total. The second kappa shape index (κ2) is 12.1. The quantitative estimate of drug-likeness (QED) is 0.377. The van der Waals surface area contributed by atoms with Gasteiger partial charge in [-0.25, -0.2) is 14.4 Å². The summed E-state index contributed by atoms with van der Waals surface area (Å²) in [6.45, 7) is 6.24. The fraction of sp³-hybridized carbons (Fsp3) is 0.433. The molecule has 3 aromatic rings. The third kappa shape index (κ3) is 6.68. The highest BCUT2D eigenvalue weighted by Gasteiger charge is 2.36. The molecule has 2 aliphatic heterocycles.